The molecule has 2 aromatic carbocycles. The number of carbonyl (C=O) groups is 1. The molecule has 8 heteroatoms. The smallest absolute Gasteiger partial charge is 0.264 e. The third-order valence-corrected chi connectivity index (χ3v) is 6.63. The lowest BCUT2D eigenvalue weighted by Gasteiger charge is -2.09. The molecule has 134 valence electrons. The number of rotatable bonds is 5. The summed E-state index contributed by atoms with van der Waals surface area (Å²) in [4.78, 5) is 17.4. The second-order valence-corrected chi connectivity index (χ2v) is 9.39. The Bertz CT molecular complexity index is 1130. The number of aromatic nitrogens is 1. The molecule has 2 heterocycles. The fraction of sp³-hybridized carbons (Fsp3) is 0.222. The highest BCUT2D eigenvalue weighted by Crippen LogP contribution is 2.37. The topological polar surface area (TPSA) is 88.2 Å². The molecule has 0 bridgehead atoms. The van der Waals surface area contributed by atoms with E-state index in [0.29, 0.717) is 33.1 Å². The summed E-state index contributed by atoms with van der Waals surface area (Å²) in [6.07, 6.45) is 2.56. The van der Waals surface area contributed by atoms with Gasteiger partial charge in [0.1, 0.15) is 0 Å². The molecule has 1 aliphatic rings. The Hall–Kier alpha value is -2.45. The molecular formula is C18H17N3O3S2. The first-order valence-electron chi connectivity index (χ1n) is 8.20. The van der Waals surface area contributed by atoms with E-state index >= 15 is 0 Å². The van der Waals surface area contributed by atoms with Crippen molar-refractivity contribution < 1.29 is 13.2 Å². The zero-order valence-corrected chi connectivity index (χ0v) is 15.9. The van der Waals surface area contributed by atoms with E-state index < -0.39 is 10.0 Å². The van der Waals surface area contributed by atoms with E-state index in [0.717, 1.165) is 11.3 Å². The van der Waals surface area contributed by atoms with Gasteiger partial charge in [0.15, 0.2) is 5.13 Å². The van der Waals surface area contributed by atoms with Gasteiger partial charge >= 0.3 is 0 Å². The van der Waals surface area contributed by atoms with Gasteiger partial charge in [-0.3, -0.25) is 9.52 Å². The summed E-state index contributed by atoms with van der Waals surface area (Å²) in [5, 5.41) is 4.26. The van der Waals surface area contributed by atoms with E-state index in [2.05, 4.69) is 28.9 Å². The molecule has 1 aromatic heterocycles. The Morgan fingerprint density at radius 1 is 1.23 bits per heavy atom. The van der Waals surface area contributed by atoms with Gasteiger partial charge in [-0.2, -0.15) is 0 Å². The van der Waals surface area contributed by atoms with Crippen LogP contribution in [0.2, 0.25) is 0 Å². The lowest BCUT2D eigenvalue weighted by atomic mass is 10.1. The molecular weight excluding hydrogens is 370 g/mol. The lowest BCUT2D eigenvalue weighted by molar-refractivity contribution is 0.103. The Labute approximate surface area is 155 Å². The molecule has 6 nitrogen and oxygen atoms in total. The van der Waals surface area contributed by atoms with Gasteiger partial charge in [-0.15, -0.1) is 11.3 Å². The van der Waals surface area contributed by atoms with Gasteiger partial charge in [0.2, 0.25) is 0 Å². The van der Waals surface area contributed by atoms with Gasteiger partial charge in [-0.25, -0.2) is 13.4 Å². The van der Waals surface area contributed by atoms with Gasteiger partial charge in [0.05, 0.1) is 4.90 Å². The highest BCUT2D eigenvalue weighted by Gasteiger charge is 2.26. The number of sulfonamides is 1. The van der Waals surface area contributed by atoms with Crippen LogP contribution < -0.4 is 10.0 Å². The zero-order chi connectivity index (χ0) is 18.5. The van der Waals surface area contributed by atoms with Crippen molar-refractivity contribution in [1.29, 1.82) is 0 Å². The molecule has 0 spiro atoms. The Morgan fingerprint density at radius 3 is 2.81 bits per heavy atom. The van der Waals surface area contributed by atoms with Crippen LogP contribution in [0.15, 0.2) is 41.4 Å². The molecule has 0 saturated carbocycles. The number of carbonyl (C=O) groups excluding carboxylic acids is 1. The maximum atomic E-state index is 12.9. The third kappa shape index (κ3) is 2.85. The van der Waals surface area contributed by atoms with Crippen LogP contribution in [-0.2, 0) is 16.4 Å². The van der Waals surface area contributed by atoms with Gasteiger partial charge < -0.3 is 5.32 Å². The SMILES string of the molecule is CC(C)Cc1cnc(NS(=O)(=O)c2ccc3c4c(cccc24)C(=O)N3)s1. The predicted octanol–water partition coefficient (Wildman–Crippen LogP) is 3.86. The summed E-state index contributed by atoms with van der Waals surface area (Å²) in [5.41, 5.74) is 1.12. The van der Waals surface area contributed by atoms with Crippen molar-refractivity contribution in [2.45, 2.75) is 25.2 Å². The first-order chi connectivity index (χ1) is 12.3. The molecule has 1 aliphatic heterocycles. The fourth-order valence-corrected chi connectivity index (χ4v) is 5.59. The van der Waals surface area contributed by atoms with E-state index in [-0.39, 0.29) is 10.8 Å². The van der Waals surface area contributed by atoms with Crippen molar-refractivity contribution in [1.82, 2.24) is 4.98 Å². The number of anilines is 2. The summed E-state index contributed by atoms with van der Waals surface area (Å²) in [7, 11) is -3.82. The van der Waals surface area contributed by atoms with Gasteiger partial charge in [0, 0.05) is 33.1 Å². The minimum absolute atomic E-state index is 0.134. The summed E-state index contributed by atoms with van der Waals surface area (Å²) in [5.74, 6) is 0.257. The molecule has 3 aromatic rings. The zero-order valence-electron chi connectivity index (χ0n) is 14.2. The van der Waals surface area contributed by atoms with Crippen LogP contribution in [0.5, 0.6) is 0 Å². The van der Waals surface area contributed by atoms with E-state index in [1.54, 1.807) is 30.5 Å². The quantitative estimate of drug-likeness (QED) is 0.696. The number of hydrogen-bond acceptors (Lipinski definition) is 5. The number of benzene rings is 2. The normalized spacial score (nSPS) is 13.4. The highest BCUT2D eigenvalue weighted by molar-refractivity contribution is 7.93. The molecule has 0 unspecified atom stereocenters. The average Bonchev–Trinajstić information content (AvgIpc) is 3.12. The molecule has 2 N–H and O–H groups in total. The maximum absolute atomic E-state index is 12.9. The monoisotopic (exact) mass is 387 g/mol. The summed E-state index contributed by atoms with van der Waals surface area (Å²) in [6, 6.07) is 8.23. The van der Waals surface area contributed by atoms with Gasteiger partial charge in [0.25, 0.3) is 15.9 Å². The minimum Gasteiger partial charge on any atom is -0.321 e. The van der Waals surface area contributed by atoms with Crippen LogP contribution in [0.4, 0.5) is 10.8 Å². The number of thiazole rings is 1. The first kappa shape index (κ1) is 17.0. The van der Waals surface area contributed by atoms with Crippen molar-refractivity contribution in [2.24, 2.45) is 5.92 Å². The summed E-state index contributed by atoms with van der Waals surface area (Å²) >= 11 is 1.34. The second kappa shape index (κ2) is 6.07. The standard InChI is InChI=1S/C18H17N3O3S2/c1-10(2)8-11-9-19-18(25-11)21-26(23,24)15-7-6-14-16-12(15)4-3-5-13(16)17(22)20-14/h3-7,9-10H,8H2,1-2H3,(H,19,21)(H,20,22). The molecule has 0 radical (unpaired) electrons. The van der Waals surface area contributed by atoms with Crippen molar-refractivity contribution in [3.8, 4) is 0 Å². The third-order valence-electron chi connectivity index (χ3n) is 4.17. The van der Waals surface area contributed by atoms with Gasteiger partial charge in [-0.05, 0) is 30.5 Å². The molecule has 26 heavy (non-hydrogen) atoms. The Kier molecular flexibility index (Phi) is 3.96. The fourth-order valence-electron chi connectivity index (χ4n) is 3.12. The Morgan fingerprint density at radius 2 is 2.04 bits per heavy atom. The number of nitrogens with zero attached hydrogens (tertiary/aromatic N) is 1. The van der Waals surface area contributed by atoms with Crippen LogP contribution in [-0.4, -0.2) is 19.3 Å². The first-order valence-corrected chi connectivity index (χ1v) is 10.5. The Balaban J connectivity index is 1.74. The predicted molar refractivity (Wildman–Crippen MR) is 103 cm³/mol. The molecule has 0 atom stereocenters. The maximum Gasteiger partial charge on any atom is 0.264 e. The van der Waals surface area contributed by atoms with Crippen molar-refractivity contribution in [3.63, 3.8) is 0 Å². The van der Waals surface area contributed by atoms with Crippen molar-refractivity contribution in [2.75, 3.05) is 10.0 Å². The minimum atomic E-state index is -3.82. The van der Waals surface area contributed by atoms with Crippen LogP contribution in [0.25, 0.3) is 10.8 Å². The number of nitrogens with one attached hydrogen (secondary N) is 2. The van der Waals surface area contributed by atoms with Crippen LogP contribution in [0.3, 0.4) is 0 Å². The summed E-state index contributed by atoms with van der Waals surface area (Å²) in [6.45, 7) is 4.21. The summed E-state index contributed by atoms with van der Waals surface area (Å²) < 4.78 is 28.4. The van der Waals surface area contributed by atoms with Crippen molar-refractivity contribution >= 4 is 48.9 Å². The second-order valence-electron chi connectivity index (χ2n) is 6.63. The molecule has 0 fully saturated rings. The molecule has 0 saturated heterocycles. The lowest BCUT2D eigenvalue weighted by Crippen LogP contribution is -2.13. The van der Waals surface area contributed by atoms with Crippen LogP contribution >= 0.6 is 11.3 Å². The molecule has 0 aliphatic carbocycles. The van der Waals surface area contributed by atoms with E-state index in [9.17, 15) is 13.2 Å². The van der Waals surface area contributed by atoms with Gasteiger partial charge in [-0.1, -0.05) is 26.0 Å². The number of hydrogen-bond donors (Lipinski definition) is 2. The molecule has 1 amide bonds. The van der Waals surface area contributed by atoms with E-state index in [1.807, 2.05) is 0 Å². The largest absolute Gasteiger partial charge is 0.321 e. The highest BCUT2D eigenvalue weighted by atomic mass is 32.2. The van der Waals surface area contributed by atoms with Crippen LogP contribution in [0, 0.1) is 5.92 Å². The molecule has 4 rings (SSSR count). The van der Waals surface area contributed by atoms with E-state index in [1.165, 1.54) is 17.4 Å². The van der Waals surface area contributed by atoms with E-state index in [4.69, 9.17) is 0 Å². The van der Waals surface area contributed by atoms with Crippen molar-refractivity contribution in [3.05, 3.63) is 47.0 Å². The van der Waals surface area contributed by atoms with Crippen LogP contribution in [0.1, 0.15) is 29.1 Å². The average molecular weight is 387 g/mol. The number of amides is 1.